The highest BCUT2D eigenvalue weighted by Gasteiger charge is 2.41. The molecule has 1 heterocycles. The maximum atomic E-state index is 12.6. The van der Waals surface area contributed by atoms with Crippen LogP contribution in [0, 0.1) is 5.92 Å². The fraction of sp³-hybridized carbons (Fsp3) is 0.480. The lowest BCUT2D eigenvalue weighted by molar-refractivity contribution is -0.134. The van der Waals surface area contributed by atoms with Gasteiger partial charge in [0.2, 0.25) is 5.78 Å². The Morgan fingerprint density at radius 1 is 1.10 bits per heavy atom. The SMILES string of the molecule is CCCCCC(O)c1ccc(C2C(=O)C(=O)CC2CCCc2ccc(C(=O)O)s2)cc1. The van der Waals surface area contributed by atoms with Gasteiger partial charge in [0.25, 0.3) is 0 Å². The summed E-state index contributed by atoms with van der Waals surface area (Å²) in [6.07, 6.45) is 5.97. The molecule has 0 aliphatic heterocycles. The number of Topliss-reactive ketones (excluding diaryl/α,β-unsaturated/α-hetero) is 2. The number of aliphatic hydroxyl groups excluding tert-OH is 1. The van der Waals surface area contributed by atoms with Crippen molar-refractivity contribution in [3.05, 3.63) is 57.3 Å². The number of carboxylic acid groups (broad SMARTS) is 1. The maximum absolute atomic E-state index is 12.6. The van der Waals surface area contributed by atoms with Gasteiger partial charge >= 0.3 is 5.97 Å². The molecule has 0 amide bonds. The second-order valence-electron chi connectivity index (χ2n) is 8.37. The molecule has 2 N–H and O–H groups in total. The monoisotopic (exact) mass is 442 g/mol. The van der Waals surface area contributed by atoms with Crippen molar-refractivity contribution in [3.8, 4) is 0 Å². The molecule has 0 spiro atoms. The molecule has 31 heavy (non-hydrogen) atoms. The minimum absolute atomic E-state index is 0.0285. The summed E-state index contributed by atoms with van der Waals surface area (Å²) in [5.41, 5.74) is 1.69. The summed E-state index contributed by atoms with van der Waals surface area (Å²) in [5.74, 6) is -1.98. The van der Waals surface area contributed by atoms with E-state index in [9.17, 15) is 19.5 Å². The molecule has 0 saturated heterocycles. The zero-order chi connectivity index (χ0) is 22.4. The van der Waals surface area contributed by atoms with Gasteiger partial charge in [0.05, 0.1) is 12.0 Å². The van der Waals surface area contributed by atoms with Crippen molar-refractivity contribution in [2.75, 3.05) is 0 Å². The van der Waals surface area contributed by atoms with Gasteiger partial charge in [0.15, 0.2) is 5.78 Å². The van der Waals surface area contributed by atoms with Gasteiger partial charge in [-0.1, -0.05) is 50.5 Å². The normalized spacial score (nSPS) is 19.7. The second kappa shape index (κ2) is 10.8. The van der Waals surface area contributed by atoms with Crippen LogP contribution in [0.3, 0.4) is 0 Å². The van der Waals surface area contributed by atoms with Crippen LogP contribution in [0.15, 0.2) is 36.4 Å². The number of aryl methyl sites for hydroxylation is 1. The van der Waals surface area contributed by atoms with Gasteiger partial charge in [0, 0.05) is 11.3 Å². The van der Waals surface area contributed by atoms with Crippen molar-refractivity contribution >= 4 is 28.9 Å². The van der Waals surface area contributed by atoms with E-state index in [4.69, 9.17) is 5.11 Å². The Hall–Kier alpha value is -2.31. The quantitative estimate of drug-likeness (QED) is 0.363. The van der Waals surface area contributed by atoms with Crippen LogP contribution in [0.25, 0.3) is 0 Å². The molecule has 6 heteroatoms. The number of carbonyl (C=O) groups is 3. The molecule has 5 nitrogen and oxygen atoms in total. The number of thiophene rings is 1. The van der Waals surface area contributed by atoms with Gasteiger partial charge in [-0.2, -0.15) is 0 Å². The molecular formula is C25H30O5S. The van der Waals surface area contributed by atoms with E-state index in [1.807, 2.05) is 30.3 Å². The zero-order valence-corrected chi connectivity index (χ0v) is 18.7. The predicted octanol–water partition coefficient (Wildman–Crippen LogP) is 5.32. The Labute approximate surface area is 187 Å². The molecule has 3 atom stereocenters. The molecule has 3 rings (SSSR count). The Morgan fingerprint density at radius 2 is 1.84 bits per heavy atom. The molecule has 1 saturated carbocycles. The van der Waals surface area contributed by atoms with Crippen molar-refractivity contribution < 1.29 is 24.6 Å². The largest absolute Gasteiger partial charge is 0.477 e. The van der Waals surface area contributed by atoms with E-state index in [0.29, 0.717) is 4.88 Å². The fourth-order valence-electron chi connectivity index (χ4n) is 4.38. The number of rotatable bonds is 11. The summed E-state index contributed by atoms with van der Waals surface area (Å²) in [6.45, 7) is 2.13. The van der Waals surface area contributed by atoms with Gasteiger partial charge in [-0.3, -0.25) is 9.59 Å². The molecule has 1 aliphatic rings. The van der Waals surface area contributed by atoms with Crippen LogP contribution >= 0.6 is 11.3 Å². The molecule has 1 fully saturated rings. The van der Waals surface area contributed by atoms with Gasteiger partial charge in [-0.15, -0.1) is 11.3 Å². The summed E-state index contributed by atoms with van der Waals surface area (Å²) in [7, 11) is 0. The van der Waals surface area contributed by atoms with Crippen LogP contribution in [-0.2, 0) is 16.0 Å². The van der Waals surface area contributed by atoms with Gasteiger partial charge in [0.1, 0.15) is 4.88 Å². The molecule has 1 aliphatic carbocycles. The number of carboxylic acids is 1. The fourth-order valence-corrected chi connectivity index (χ4v) is 5.27. The van der Waals surface area contributed by atoms with E-state index >= 15 is 0 Å². The lowest BCUT2D eigenvalue weighted by Gasteiger charge is -2.19. The lowest BCUT2D eigenvalue weighted by Crippen LogP contribution is -2.15. The van der Waals surface area contributed by atoms with Gasteiger partial charge in [-0.05, 0) is 54.9 Å². The standard InChI is InChI=1S/C25H30O5S/c1-2-3-4-8-20(26)16-9-11-17(12-10-16)23-18(15-21(27)24(23)28)6-5-7-19-13-14-22(31-19)25(29)30/h9-14,18,20,23,26H,2-8,15H2,1H3,(H,29,30). The Balaban J connectivity index is 1.61. The lowest BCUT2D eigenvalue weighted by atomic mass is 9.84. The molecule has 1 aromatic carbocycles. The molecule has 1 aromatic heterocycles. The summed E-state index contributed by atoms with van der Waals surface area (Å²) >= 11 is 1.28. The van der Waals surface area contributed by atoms with Crippen LogP contribution in [0.5, 0.6) is 0 Å². The van der Waals surface area contributed by atoms with Crippen molar-refractivity contribution in [2.45, 2.75) is 70.3 Å². The smallest absolute Gasteiger partial charge is 0.345 e. The molecule has 3 unspecified atom stereocenters. The molecule has 0 bridgehead atoms. The molecule has 166 valence electrons. The first-order chi connectivity index (χ1) is 14.9. The summed E-state index contributed by atoms with van der Waals surface area (Å²) < 4.78 is 0. The van der Waals surface area contributed by atoms with E-state index in [-0.39, 0.29) is 23.9 Å². The first-order valence-corrected chi connectivity index (χ1v) is 11.9. The van der Waals surface area contributed by atoms with Gasteiger partial charge in [-0.25, -0.2) is 4.79 Å². The maximum Gasteiger partial charge on any atom is 0.345 e. The Bertz CT molecular complexity index is 914. The van der Waals surface area contributed by atoms with E-state index in [1.54, 1.807) is 6.07 Å². The third-order valence-corrected chi connectivity index (χ3v) is 7.24. The van der Waals surface area contributed by atoms with Crippen LogP contribution in [-0.4, -0.2) is 27.7 Å². The number of aliphatic hydroxyl groups is 1. The molecule has 2 aromatic rings. The summed E-state index contributed by atoms with van der Waals surface area (Å²) in [4.78, 5) is 37.1. The number of aromatic carboxylic acids is 1. The third-order valence-electron chi connectivity index (χ3n) is 6.11. The van der Waals surface area contributed by atoms with E-state index in [0.717, 1.165) is 60.9 Å². The number of ketones is 2. The van der Waals surface area contributed by atoms with Crippen LogP contribution in [0.1, 0.15) is 89.6 Å². The Morgan fingerprint density at radius 3 is 2.48 bits per heavy atom. The van der Waals surface area contributed by atoms with Crippen molar-refractivity contribution in [3.63, 3.8) is 0 Å². The first kappa shape index (κ1) is 23.4. The average molecular weight is 443 g/mol. The Kier molecular flexibility index (Phi) is 8.15. The van der Waals surface area contributed by atoms with Crippen molar-refractivity contribution in [1.29, 1.82) is 0 Å². The minimum atomic E-state index is -0.915. The minimum Gasteiger partial charge on any atom is -0.477 e. The highest BCUT2D eigenvalue weighted by atomic mass is 32.1. The highest BCUT2D eigenvalue weighted by molar-refractivity contribution is 7.13. The molecule has 0 radical (unpaired) electrons. The van der Waals surface area contributed by atoms with E-state index in [1.165, 1.54) is 11.3 Å². The first-order valence-electron chi connectivity index (χ1n) is 11.1. The van der Waals surface area contributed by atoms with E-state index in [2.05, 4.69) is 6.92 Å². The van der Waals surface area contributed by atoms with E-state index < -0.39 is 18.0 Å². The number of benzene rings is 1. The highest BCUT2D eigenvalue weighted by Crippen LogP contribution is 2.39. The van der Waals surface area contributed by atoms with Crippen LogP contribution in [0.2, 0.25) is 0 Å². The summed E-state index contributed by atoms with van der Waals surface area (Å²) in [5, 5.41) is 19.4. The molecular weight excluding hydrogens is 412 g/mol. The summed E-state index contributed by atoms with van der Waals surface area (Å²) in [6, 6.07) is 11.0. The number of carbonyl (C=O) groups excluding carboxylic acids is 2. The second-order valence-corrected chi connectivity index (χ2v) is 9.54. The topological polar surface area (TPSA) is 91.7 Å². The number of hydrogen-bond donors (Lipinski definition) is 2. The van der Waals surface area contributed by atoms with Crippen LogP contribution in [0.4, 0.5) is 0 Å². The van der Waals surface area contributed by atoms with Crippen molar-refractivity contribution in [2.24, 2.45) is 5.92 Å². The average Bonchev–Trinajstić information content (AvgIpc) is 3.33. The zero-order valence-electron chi connectivity index (χ0n) is 17.9. The number of hydrogen-bond acceptors (Lipinski definition) is 5. The predicted molar refractivity (Wildman–Crippen MR) is 121 cm³/mol. The van der Waals surface area contributed by atoms with Crippen LogP contribution < -0.4 is 0 Å². The number of unbranched alkanes of at least 4 members (excludes halogenated alkanes) is 2. The van der Waals surface area contributed by atoms with Gasteiger partial charge < -0.3 is 10.2 Å². The van der Waals surface area contributed by atoms with Crippen molar-refractivity contribution in [1.82, 2.24) is 0 Å². The third kappa shape index (κ3) is 5.89.